The molecule has 2 aromatic rings. The van der Waals surface area contributed by atoms with Gasteiger partial charge in [0.2, 0.25) is 11.8 Å². The molecule has 0 radical (unpaired) electrons. The molecule has 32 heavy (non-hydrogen) atoms. The molecule has 2 aliphatic rings. The molecule has 1 aromatic carbocycles. The molecule has 2 unspecified atom stereocenters. The topological polar surface area (TPSA) is 81.4 Å². The number of amides is 2. The van der Waals surface area contributed by atoms with Crippen molar-refractivity contribution in [1.29, 1.82) is 0 Å². The molecule has 3 atom stereocenters. The maximum atomic E-state index is 11.8. The highest BCUT2D eigenvalue weighted by Crippen LogP contribution is 2.33. The van der Waals surface area contributed by atoms with Crippen molar-refractivity contribution in [2.75, 3.05) is 0 Å². The smallest absolute Gasteiger partial charge is 0.286 e. The monoisotopic (exact) mass is 456 g/mol. The Morgan fingerprint density at radius 3 is 2.75 bits per heavy atom. The Bertz CT molecular complexity index is 986. The Kier molecular flexibility index (Phi) is 7.36. The molecular weight excluding hydrogens is 424 g/mol. The summed E-state index contributed by atoms with van der Waals surface area (Å²) in [6, 6.07) is 6.27. The van der Waals surface area contributed by atoms with Crippen molar-refractivity contribution in [2.24, 2.45) is 5.92 Å². The van der Waals surface area contributed by atoms with E-state index in [0.717, 1.165) is 73.7 Å². The van der Waals surface area contributed by atoms with Crippen LogP contribution in [-0.2, 0) is 22.6 Å². The lowest BCUT2D eigenvalue weighted by atomic mass is 9.84. The summed E-state index contributed by atoms with van der Waals surface area (Å²) in [6.45, 7) is 6.74. The number of rotatable bonds is 8. The fraction of sp³-hybridized carbons (Fsp3) is 0.560. The van der Waals surface area contributed by atoms with Gasteiger partial charge in [0.15, 0.2) is 0 Å². The minimum Gasteiger partial charge on any atom is -0.441 e. The van der Waals surface area contributed by atoms with Gasteiger partial charge in [0, 0.05) is 12.0 Å². The van der Waals surface area contributed by atoms with E-state index in [2.05, 4.69) is 44.3 Å². The van der Waals surface area contributed by atoms with Crippen LogP contribution in [0.4, 0.5) is 4.79 Å². The number of carbonyl (C=O) groups is 2. The second-order valence-electron chi connectivity index (χ2n) is 8.97. The lowest BCUT2D eigenvalue weighted by molar-refractivity contribution is -0.119. The van der Waals surface area contributed by atoms with Crippen LogP contribution in [0.2, 0.25) is 0 Å². The second kappa shape index (κ2) is 10.2. The van der Waals surface area contributed by atoms with E-state index in [-0.39, 0.29) is 22.5 Å². The zero-order valence-electron chi connectivity index (χ0n) is 19.1. The van der Waals surface area contributed by atoms with Crippen molar-refractivity contribution >= 4 is 22.9 Å². The number of thioether (sulfide) groups is 1. The minimum atomic E-state index is -0.227. The van der Waals surface area contributed by atoms with E-state index in [0.29, 0.717) is 18.4 Å². The van der Waals surface area contributed by atoms with Gasteiger partial charge < -0.3 is 9.15 Å². The van der Waals surface area contributed by atoms with Crippen LogP contribution in [0.15, 0.2) is 22.6 Å². The van der Waals surface area contributed by atoms with Crippen LogP contribution >= 0.6 is 11.8 Å². The third kappa shape index (κ3) is 5.44. The van der Waals surface area contributed by atoms with Crippen LogP contribution in [0.3, 0.4) is 0 Å². The molecule has 172 valence electrons. The van der Waals surface area contributed by atoms with Gasteiger partial charge in [-0.1, -0.05) is 37.6 Å². The molecule has 1 aliphatic carbocycles. The first-order chi connectivity index (χ1) is 15.4. The quantitative estimate of drug-likeness (QED) is 0.546. The van der Waals surface area contributed by atoms with Gasteiger partial charge in [-0.15, -0.1) is 0 Å². The molecule has 4 rings (SSSR count). The predicted molar refractivity (Wildman–Crippen MR) is 125 cm³/mol. The number of carbonyl (C=O) groups excluding carboxylic acids is 2. The average Bonchev–Trinajstić information content (AvgIpc) is 3.34. The maximum absolute atomic E-state index is 11.8. The van der Waals surface area contributed by atoms with Crippen molar-refractivity contribution in [1.82, 2.24) is 10.3 Å². The first kappa shape index (κ1) is 23.1. The first-order valence-corrected chi connectivity index (χ1v) is 12.5. The molecule has 0 bridgehead atoms. The van der Waals surface area contributed by atoms with Crippen LogP contribution < -0.4 is 5.32 Å². The Morgan fingerprint density at radius 2 is 2.03 bits per heavy atom. The number of oxazole rings is 1. The molecule has 1 N–H and O–H groups in total. The number of ether oxygens (including phenoxy) is 1. The molecule has 2 amide bonds. The van der Waals surface area contributed by atoms with Gasteiger partial charge in [0.05, 0.1) is 18.0 Å². The zero-order valence-corrected chi connectivity index (χ0v) is 19.9. The molecule has 2 fully saturated rings. The van der Waals surface area contributed by atoms with E-state index in [1.165, 1.54) is 11.1 Å². The van der Waals surface area contributed by atoms with Gasteiger partial charge in [-0.25, -0.2) is 4.98 Å². The van der Waals surface area contributed by atoms with E-state index in [9.17, 15) is 9.59 Å². The van der Waals surface area contributed by atoms with Crippen LogP contribution in [-0.4, -0.2) is 27.5 Å². The molecule has 1 aromatic heterocycles. The summed E-state index contributed by atoms with van der Waals surface area (Å²) >= 11 is 1.13. The van der Waals surface area contributed by atoms with E-state index >= 15 is 0 Å². The minimum absolute atomic E-state index is 0.138. The van der Waals surface area contributed by atoms with E-state index in [1.807, 2.05) is 0 Å². The summed E-state index contributed by atoms with van der Waals surface area (Å²) < 4.78 is 12.3. The molecule has 7 heteroatoms. The molecular formula is C25H32N2O4S. The number of hydrogen-bond donors (Lipinski definition) is 1. The van der Waals surface area contributed by atoms with Crippen LogP contribution in [0.5, 0.6) is 0 Å². The van der Waals surface area contributed by atoms with Crippen molar-refractivity contribution in [3.8, 4) is 11.5 Å². The maximum Gasteiger partial charge on any atom is 0.286 e. The number of nitrogens with zero attached hydrogens (tertiary/aromatic N) is 1. The van der Waals surface area contributed by atoms with Crippen molar-refractivity contribution in [2.45, 2.75) is 83.7 Å². The van der Waals surface area contributed by atoms with Crippen molar-refractivity contribution < 1.29 is 18.7 Å². The second-order valence-corrected chi connectivity index (χ2v) is 10.1. The van der Waals surface area contributed by atoms with Crippen molar-refractivity contribution in [3.05, 3.63) is 40.8 Å². The highest BCUT2D eigenvalue weighted by atomic mass is 32.2. The summed E-state index contributed by atoms with van der Waals surface area (Å²) in [5.41, 5.74) is 4.37. The van der Waals surface area contributed by atoms with E-state index in [1.54, 1.807) is 0 Å². The number of aromatic nitrogens is 1. The third-order valence-electron chi connectivity index (χ3n) is 6.65. The number of hydrogen-bond acceptors (Lipinski definition) is 6. The average molecular weight is 457 g/mol. The van der Waals surface area contributed by atoms with Gasteiger partial charge >= 0.3 is 0 Å². The zero-order chi connectivity index (χ0) is 22.7. The van der Waals surface area contributed by atoms with Crippen molar-refractivity contribution in [3.63, 3.8) is 0 Å². The van der Waals surface area contributed by atoms with Crippen LogP contribution in [0.1, 0.15) is 68.0 Å². The highest BCUT2D eigenvalue weighted by molar-refractivity contribution is 8.15. The number of aryl methyl sites for hydroxylation is 3. The van der Waals surface area contributed by atoms with E-state index in [4.69, 9.17) is 14.1 Å². The standard InChI is InChI=1S/C25H32N2O4S/c1-4-21-20(26-24(31-21)18-10-8-15(2)16(3)12-18)14-30-19-7-5-6-17(13-19)9-11-22-23(28)27-25(29)32-22/h8,10,12,17,19,22H,4-7,9,11,13-14H2,1-3H3,(H,27,28,29)/t17?,19-,22?/m0/s1. The Hall–Kier alpha value is -2.12. The fourth-order valence-corrected chi connectivity index (χ4v) is 5.43. The normalized spacial score (nSPS) is 23.5. The lowest BCUT2D eigenvalue weighted by Crippen LogP contribution is -2.26. The molecule has 1 aliphatic heterocycles. The summed E-state index contributed by atoms with van der Waals surface area (Å²) in [4.78, 5) is 27.9. The Morgan fingerprint density at radius 1 is 1.19 bits per heavy atom. The molecule has 1 saturated heterocycles. The fourth-order valence-electron chi connectivity index (χ4n) is 4.59. The molecule has 2 heterocycles. The predicted octanol–water partition coefficient (Wildman–Crippen LogP) is 5.73. The van der Waals surface area contributed by atoms with Gasteiger partial charge in [-0.3, -0.25) is 14.9 Å². The number of imide groups is 1. The number of benzene rings is 1. The Balaban J connectivity index is 1.32. The van der Waals surface area contributed by atoms with E-state index < -0.39 is 0 Å². The molecule has 0 spiro atoms. The van der Waals surface area contributed by atoms with Gasteiger partial charge in [-0.2, -0.15) is 0 Å². The molecule has 6 nitrogen and oxygen atoms in total. The summed E-state index contributed by atoms with van der Waals surface area (Å²) in [5.74, 6) is 1.94. The molecule has 1 saturated carbocycles. The number of nitrogens with one attached hydrogen (secondary N) is 1. The summed E-state index contributed by atoms with van der Waals surface area (Å²) in [5, 5.41) is 1.93. The van der Waals surface area contributed by atoms with Gasteiger partial charge in [0.25, 0.3) is 5.24 Å². The largest absolute Gasteiger partial charge is 0.441 e. The van der Waals surface area contributed by atoms with Crippen LogP contribution in [0.25, 0.3) is 11.5 Å². The first-order valence-electron chi connectivity index (χ1n) is 11.6. The van der Waals surface area contributed by atoms with Gasteiger partial charge in [-0.05, 0) is 68.7 Å². The van der Waals surface area contributed by atoms with Gasteiger partial charge in [0.1, 0.15) is 11.5 Å². The summed E-state index contributed by atoms with van der Waals surface area (Å²) in [7, 11) is 0. The highest BCUT2D eigenvalue weighted by Gasteiger charge is 2.32. The van der Waals surface area contributed by atoms with Crippen LogP contribution in [0, 0.1) is 19.8 Å². The third-order valence-corrected chi connectivity index (χ3v) is 7.70. The lowest BCUT2D eigenvalue weighted by Gasteiger charge is -2.29. The SMILES string of the molecule is CCc1oc(-c2ccc(C)c(C)c2)nc1CO[C@H]1CCCC(CCC2SC(=O)NC2=O)C1. The Labute approximate surface area is 193 Å². The summed E-state index contributed by atoms with van der Waals surface area (Å²) in [6.07, 6.45) is 7.03.